The molecule has 0 N–H and O–H groups in total. The third-order valence-electron chi connectivity index (χ3n) is 7.17. The topological polar surface area (TPSA) is 73.4 Å². The van der Waals surface area contributed by atoms with Crippen molar-refractivity contribution >= 4 is 17.3 Å². The first kappa shape index (κ1) is 21.2. The predicted octanol–water partition coefficient (Wildman–Crippen LogP) is 3.75. The SMILES string of the molecule is Cn1c2c(c(=O)n(C)c1=O)[C@H](c1ccc(Cc3ccccc3)cc1)[C@@H]1C(=O)c3ccccc3C1=N2. The Kier molecular flexibility index (Phi) is 4.78. The van der Waals surface area contributed by atoms with Gasteiger partial charge in [0.15, 0.2) is 5.78 Å². The summed E-state index contributed by atoms with van der Waals surface area (Å²) in [7, 11) is 3.09. The fraction of sp³-hybridized carbons (Fsp3) is 0.172. The maximum Gasteiger partial charge on any atom is 0.332 e. The number of aliphatic imine (C=N–C) groups is 1. The minimum Gasteiger partial charge on any atom is -0.293 e. The van der Waals surface area contributed by atoms with Crippen LogP contribution in [-0.4, -0.2) is 20.6 Å². The number of hydrogen-bond donors (Lipinski definition) is 0. The van der Waals surface area contributed by atoms with Crippen molar-refractivity contribution in [3.8, 4) is 0 Å². The second-order valence-corrected chi connectivity index (χ2v) is 9.21. The Bertz CT molecular complexity index is 1640. The van der Waals surface area contributed by atoms with Crippen LogP contribution in [0.15, 0.2) is 93.4 Å². The van der Waals surface area contributed by atoms with Gasteiger partial charge in [0.25, 0.3) is 5.56 Å². The molecule has 1 aliphatic carbocycles. The molecule has 6 rings (SSSR count). The Morgan fingerprint density at radius 1 is 0.714 bits per heavy atom. The van der Waals surface area contributed by atoms with Gasteiger partial charge in [0, 0.05) is 31.1 Å². The summed E-state index contributed by atoms with van der Waals surface area (Å²) in [6.45, 7) is 0. The van der Waals surface area contributed by atoms with E-state index in [1.54, 1.807) is 13.1 Å². The highest BCUT2D eigenvalue weighted by molar-refractivity contribution is 6.30. The smallest absolute Gasteiger partial charge is 0.293 e. The summed E-state index contributed by atoms with van der Waals surface area (Å²) in [5.74, 6) is -0.856. The molecule has 0 radical (unpaired) electrons. The molecule has 2 heterocycles. The summed E-state index contributed by atoms with van der Waals surface area (Å²) in [5, 5.41) is 0. The third-order valence-corrected chi connectivity index (χ3v) is 7.17. The highest BCUT2D eigenvalue weighted by atomic mass is 16.2. The lowest BCUT2D eigenvalue weighted by molar-refractivity contribution is 0.0953. The molecule has 0 unspecified atom stereocenters. The molecule has 0 saturated carbocycles. The van der Waals surface area contributed by atoms with E-state index in [4.69, 9.17) is 4.99 Å². The predicted molar refractivity (Wildman–Crippen MR) is 135 cm³/mol. The molecule has 6 nitrogen and oxygen atoms in total. The Hall–Kier alpha value is -4.32. The molecular formula is C29H23N3O3. The van der Waals surface area contributed by atoms with Gasteiger partial charge in [0.2, 0.25) is 0 Å². The van der Waals surface area contributed by atoms with E-state index in [1.807, 2.05) is 60.7 Å². The first-order valence-corrected chi connectivity index (χ1v) is 11.6. The van der Waals surface area contributed by atoms with E-state index in [1.165, 1.54) is 17.2 Å². The maximum atomic E-state index is 13.6. The highest BCUT2D eigenvalue weighted by Gasteiger charge is 2.47. The van der Waals surface area contributed by atoms with Gasteiger partial charge in [0.05, 0.1) is 17.2 Å². The zero-order valence-electron chi connectivity index (χ0n) is 19.4. The molecule has 2 aliphatic rings. The molecule has 1 aromatic heterocycles. The Balaban J connectivity index is 1.54. The average molecular weight is 462 g/mol. The van der Waals surface area contributed by atoms with Crippen LogP contribution >= 0.6 is 0 Å². The second-order valence-electron chi connectivity index (χ2n) is 9.21. The molecule has 4 aromatic rings. The number of carbonyl (C=O) groups is 1. The second kappa shape index (κ2) is 7.87. The zero-order valence-corrected chi connectivity index (χ0v) is 19.4. The zero-order chi connectivity index (χ0) is 24.3. The lowest BCUT2D eigenvalue weighted by Crippen LogP contribution is -2.43. The van der Waals surface area contributed by atoms with Crippen LogP contribution in [0.3, 0.4) is 0 Å². The Morgan fingerprint density at radius 3 is 2.06 bits per heavy atom. The van der Waals surface area contributed by atoms with Crippen LogP contribution in [0, 0.1) is 5.92 Å². The van der Waals surface area contributed by atoms with Crippen LogP contribution in [0.25, 0.3) is 0 Å². The van der Waals surface area contributed by atoms with Gasteiger partial charge < -0.3 is 0 Å². The van der Waals surface area contributed by atoms with Crippen LogP contribution in [0.2, 0.25) is 0 Å². The molecule has 0 bridgehead atoms. The minimum absolute atomic E-state index is 0.0423. The molecule has 0 spiro atoms. The van der Waals surface area contributed by atoms with E-state index in [-0.39, 0.29) is 5.78 Å². The van der Waals surface area contributed by atoms with Crippen molar-refractivity contribution in [1.82, 2.24) is 9.13 Å². The molecular weight excluding hydrogens is 438 g/mol. The number of hydrogen-bond acceptors (Lipinski definition) is 4. The average Bonchev–Trinajstić information content (AvgIpc) is 3.18. The summed E-state index contributed by atoms with van der Waals surface area (Å²) in [4.78, 5) is 44.5. The molecule has 35 heavy (non-hydrogen) atoms. The first-order chi connectivity index (χ1) is 17.0. The lowest BCUT2D eigenvalue weighted by atomic mass is 9.76. The molecule has 0 saturated heterocycles. The van der Waals surface area contributed by atoms with Crippen LogP contribution in [0.1, 0.15) is 44.1 Å². The molecule has 2 atom stereocenters. The summed E-state index contributed by atoms with van der Waals surface area (Å²) in [6, 6.07) is 25.7. The van der Waals surface area contributed by atoms with E-state index < -0.39 is 23.1 Å². The summed E-state index contributed by atoms with van der Waals surface area (Å²) in [5.41, 5.74) is 4.75. The van der Waals surface area contributed by atoms with Crippen molar-refractivity contribution in [2.75, 3.05) is 0 Å². The normalized spacial score (nSPS) is 18.0. The number of carbonyl (C=O) groups excluding carboxylic acids is 1. The fourth-order valence-corrected chi connectivity index (χ4v) is 5.40. The Morgan fingerprint density at radius 2 is 1.34 bits per heavy atom. The number of benzene rings is 3. The molecule has 1 aliphatic heterocycles. The number of fused-ring (bicyclic) bond motifs is 4. The van der Waals surface area contributed by atoms with Crippen molar-refractivity contribution in [3.05, 3.63) is 133 Å². The standard InChI is InChI=1S/C29H23N3O3/c1-31-27-24(28(34)32(2)29(31)35)22(23-25(30-27)20-10-6-7-11-21(20)26(23)33)19-14-12-18(13-15-19)16-17-8-4-3-5-9-17/h3-15,22-23H,16H2,1-2H3/t22-,23+/m1/s1. The van der Waals surface area contributed by atoms with Gasteiger partial charge in [-0.15, -0.1) is 0 Å². The van der Waals surface area contributed by atoms with Crippen LogP contribution in [0.5, 0.6) is 0 Å². The van der Waals surface area contributed by atoms with Crippen molar-refractivity contribution in [1.29, 1.82) is 0 Å². The van der Waals surface area contributed by atoms with Crippen molar-refractivity contribution in [3.63, 3.8) is 0 Å². The lowest BCUT2D eigenvalue weighted by Gasteiger charge is -2.30. The number of ketones is 1. The van der Waals surface area contributed by atoms with Crippen molar-refractivity contribution in [2.45, 2.75) is 12.3 Å². The number of Topliss-reactive ketones (excluding diaryl/α,β-unsaturated/α-hetero) is 1. The first-order valence-electron chi connectivity index (χ1n) is 11.6. The molecule has 6 heteroatoms. The summed E-state index contributed by atoms with van der Waals surface area (Å²) in [6.07, 6.45) is 0.791. The van der Waals surface area contributed by atoms with Gasteiger partial charge in [-0.25, -0.2) is 9.79 Å². The quantitative estimate of drug-likeness (QED) is 0.466. The monoisotopic (exact) mass is 461 g/mol. The number of nitrogens with zero attached hydrogens (tertiary/aromatic N) is 3. The molecule has 0 fully saturated rings. The van der Waals surface area contributed by atoms with Crippen LogP contribution in [0.4, 0.5) is 5.82 Å². The van der Waals surface area contributed by atoms with E-state index in [2.05, 4.69) is 12.1 Å². The number of rotatable bonds is 3. The molecule has 0 amide bonds. The third kappa shape index (κ3) is 3.17. The van der Waals surface area contributed by atoms with E-state index in [9.17, 15) is 14.4 Å². The summed E-state index contributed by atoms with van der Waals surface area (Å²) >= 11 is 0. The highest BCUT2D eigenvalue weighted by Crippen LogP contribution is 2.46. The van der Waals surface area contributed by atoms with Gasteiger partial charge in [-0.3, -0.25) is 18.7 Å². The van der Waals surface area contributed by atoms with Gasteiger partial charge in [-0.05, 0) is 23.1 Å². The van der Waals surface area contributed by atoms with Gasteiger partial charge in [-0.2, -0.15) is 0 Å². The molecule has 172 valence electrons. The Labute approximate surface area is 201 Å². The minimum atomic E-state index is -0.606. The largest absolute Gasteiger partial charge is 0.332 e. The van der Waals surface area contributed by atoms with Crippen LogP contribution < -0.4 is 11.2 Å². The maximum absolute atomic E-state index is 13.6. The van der Waals surface area contributed by atoms with E-state index in [0.29, 0.717) is 22.7 Å². The molecule has 3 aromatic carbocycles. The summed E-state index contributed by atoms with van der Waals surface area (Å²) < 4.78 is 2.50. The van der Waals surface area contributed by atoms with E-state index >= 15 is 0 Å². The van der Waals surface area contributed by atoms with Gasteiger partial charge in [0.1, 0.15) is 5.82 Å². The number of aromatic nitrogens is 2. The van der Waals surface area contributed by atoms with Gasteiger partial charge >= 0.3 is 5.69 Å². The van der Waals surface area contributed by atoms with Crippen molar-refractivity contribution in [2.24, 2.45) is 25.0 Å². The van der Waals surface area contributed by atoms with Crippen LogP contribution in [-0.2, 0) is 20.5 Å². The van der Waals surface area contributed by atoms with E-state index in [0.717, 1.165) is 27.7 Å². The fourth-order valence-electron chi connectivity index (χ4n) is 5.40. The van der Waals surface area contributed by atoms with Crippen molar-refractivity contribution < 1.29 is 4.79 Å². The van der Waals surface area contributed by atoms with Gasteiger partial charge in [-0.1, -0.05) is 78.9 Å².